The maximum atomic E-state index is 11.7. The quantitative estimate of drug-likeness (QED) is 0.789. The first kappa shape index (κ1) is 15.2. The topological polar surface area (TPSA) is 58.6 Å². The van der Waals surface area contributed by atoms with E-state index >= 15 is 0 Å². The Morgan fingerprint density at radius 1 is 1.28 bits per heavy atom. The molecule has 0 bridgehead atoms. The van der Waals surface area contributed by atoms with Gasteiger partial charge in [-0.25, -0.2) is 0 Å². The lowest BCUT2D eigenvalue weighted by molar-refractivity contribution is -0.175. The lowest BCUT2D eigenvalue weighted by atomic mass is 9.87. The first-order valence-electron chi connectivity index (χ1n) is 5.96. The lowest BCUT2D eigenvalue weighted by Crippen LogP contribution is -2.35. The fourth-order valence-corrected chi connectivity index (χ4v) is 1.92. The zero-order chi connectivity index (χ0) is 13.6. The van der Waals surface area contributed by atoms with Gasteiger partial charge in [0.25, 0.3) is 0 Å². The lowest BCUT2D eigenvalue weighted by Gasteiger charge is -2.25. The van der Waals surface area contributed by atoms with Crippen molar-refractivity contribution in [3.8, 4) is 0 Å². The molecule has 0 spiro atoms. The van der Waals surface area contributed by atoms with E-state index in [2.05, 4.69) is 10.1 Å². The second-order valence-corrected chi connectivity index (χ2v) is 4.59. The zero-order valence-corrected chi connectivity index (χ0v) is 10.0. The van der Waals surface area contributed by atoms with Crippen molar-refractivity contribution in [2.24, 2.45) is 5.92 Å². The molecule has 2 N–H and O–H groups in total. The molecule has 1 aliphatic carbocycles. The molecule has 0 unspecified atom stereocenters. The van der Waals surface area contributed by atoms with Gasteiger partial charge in [0.05, 0.1) is 6.10 Å². The predicted octanol–water partition coefficient (Wildman–Crippen LogP) is 1.23. The number of aliphatic hydroxyl groups is 1. The Kier molecular flexibility index (Phi) is 5.87. The van der Waals surface area contributed by atoms with Gasteiger partial charge < -0.3 is 15.2 Å². The van der Waals surface area contributed by atoms with Crippen molar-refractivity contribution < 1.29 is 27.8 Å². The Morgan fingerprint density at radius 3 is 2.44 bits per heavy atom. The first-order chi connectivity index (χ1) is 8.37. The van der Waals surface area contributed by atoms with Crippen LogP contribution in [0.1, 0.15) is 25.7 Å². The summed E-state index contributed by atoms with van der Waals surface area (Å²) >= 11 is 0. The van der Waals surface area contributed by atoms with Crippen LogP contribution in [0.4, 0.5) is 13.2 Å². The molecule has 1 aliphatic rings. The highest BCUT2D eigenvalue weighted by Gasteiger charge is 2.27. The number of aliphatic hydroxyl groups excluding tert-OH is 1. The minimum atomic E-state index is -4.40. The molecule has 0 heterocycles. The minimum Gasteiger partial charge on any atom is -0.393 e. The molecular formula is C11H18F3NO3. The molecule has 1 amide bonds. The van der Waals surface area contributed by atoms with Gasteiger partial charge in [0, 0.05) is 6.54 Å². The largest absolute Gasteiger partial charge is 0.411 e. The Morgan fingerprint density at radius 2 is 1.89 bits per heavy atom. The standard InChI is InChI=1S/C11H18F3NO3/c12-11(13,14)7-18-6-10(17)15-5-8-1-3-9(16)4-2-8/h8-9,16H,1-7H2,(H,15,17). The van der Waals surface area contributed by atoms with Crippen LogP contribution >= 0.6 is 0 Å². The first-order valence-corrected chi connectivity index (χ1v) is 5.96. The summed E-state index contributed by atoms with van der Waals surface area (Å²) in [6, 6.07) is 0. The number of hydrogen-bond donors (Lipinski definition) is 2. The summed E-state index contributed by atoms with van der Waals surface area (Å²) in [6.45, 7) is -1.55. The van der Waals surface area contributed by atoms with E-state index in [1.807, 2.05) is 0 Å². The molecule has 0 aromatic carbocycles. The monoisotopic (exact) mass is 269 g/mol. The molecule has 0 atom stereocenters. The number of ether oxygens (including phenoxy) is 1. The molecule has 0 aliphatic heterocycles. The highest BCUT2D eigenvalue weighted by atomic mass is 19.4. The molecule has 7 heteroatoms. The van der Waals surface area contributed by atoms with Crippen molar-refractivity contribution in [3.63, 3.8) is 0 Å². The van der Waals surface area contributed by atoms with Crippen LogP contribution < -0.4 is 5.32 Å². The van der Waals surface area contributed by atoms with Crippen molar-refractivity contribution in [2.75, 3.05) is 19.8 Å². The molecular weight excluding hydrogens is 251 g/mol. The smallest absolute Gasteiger partial charge is 0.393 e. The van der Waals surface area contributed by atoms with Gasteiger partial charge in [-0.2, -0.15) is 13.2 Å². The van der Waals surface area contributed by atoms with Crippen LogP contribution in [0.3, 0.4) is 0 Å². The van der Waals surface area contributed by atoms with Crippen molar-refractivity contribution in [1.82, 2.24) is 5.32 Å². The van der Waals surface area contributed by atoms with Gasteiger partial charge in [0.1, 0.15) is 13.2 Å². The van der Waals surface area contributed by atoms with E-state index < -0.39 is 25.3 Å². The van der Waals surface area contributed by atoms with Gasteiger partial charge in [-0.3, -0.25) is 4.79 Å². The number of carbonyl (C=O) groups excluding carboxylic acids is 1. The zero-order valence-electron chi connectivity index (χ0n) is 10.0. The fourth-order valence-electron chi connectivity index (χ4n) is 1.92. The van der Waals surface area contributed by atoms with Gasteiger partial charge in [-0.05, 0) is 31.6 Å². The van der Waals surface area contributed by atoms with E-state index in [1.54, 1.807) is 0 Å². The van der Waals surface area contributed by atoms with E-state index in [-0.39, 0.29) is 6.10 Å². The number of carbonyl (C=O) groups is 1. The Bertz CT molecular complexity index is 263. The third kappa shape index (κ3) is 6.80. The van der Waals surface area contributed by atoms with E-state index in [0.29, 0.717) is 25.3 Å². The van der Waals surface area contributed by atoms with Gasteiger partial charge in [0.2, 0.25) is 5.91 Å². The van der Waals surface area contributed by atoms with Crippen molar-refractivity contribution >= 4 is 5.91 Å². The maximum absolute atomic E-state index is 11.7. The van der Waals surface area contributed by atoms with E-state index in [9.17, 15) is 23.1 Å². The van der Waals surface area contributed by atoms with Crippen LogP contribution in [0.15, 0.2) is 0 Å². The summed E-state index contributed by atoms with van der Waals surface area (Å²) < 4.78 is 39.5. The summed E-state index contributed by atoms with van der Waals surface area (Å²) in [7, 11) is 0. The van der Waals surface area contributed by atoms with Crippen molar-refractivity contribution in [3.05, 3.63) is 0 Å². The summed E-state index contributed by atoms with van der Waals surface area (Å²) in [5, 5.41) is 11.8. The third-order valence-electron chi connectivity index (χ3n) is 2.90. The molecule has 0 saturated heterocycles. The predicted molar refractivity (Wildman–Crippen MR) is 57.8 cm³/mol. The second-order valence-electron chi connectivity index (χ2n) is 4.59. The molecule has 0 radical (unpaired) electrons. The maximum Gasteiger partial charge on any atom is 0.411 e. The molecule has 18 heavy (non-hydrogen) atoms. The highest BCUT2D eigenvalue weighted by Crippen LogP contribution is 2.23. The van der Waals surface area contributed by atoms with Crippen molar-refractivity contribution in [1.29, 1.82) is 0 Å². The Labute approximate surface area is 103 Å². The Balaban J connectivity index is 2.06. The summed E-state index contributed by atoms with van der Waals surface area (Å²) in [5.74, 6) is -0.245. The van der Waals surface area contributed by atoms with Crippen molar-refractivity contribution in [2.45, 2.75) is 38.0 Å². The second kappa shape index (κ2) is 6.94. The minimum absolute atomic E-state index is 0.257. The van der Waals surface area contributed by atoms with E-state index in [4.69, 9.17) is 0 Å². The Hall–Kier alpha value is -0.820. The van der Waals surface area contributed by atoms with Gasteiger partial charge in [-0.15, -0.1) is 0 Å². The molecule has 1 fully saturated rings. The molecule has 106 valence electrons. The van der Waals surface area contributed by atoms with Gasteiger partial charge in [0.15, 0.2) is 0 Å². The molecule has 4 nitrogen and oxygen atoms in total. The van der Waals surface area contributed by atoms with Crippen LogP contribution in [0.25, 0.3) is 0 Å². The number of alkyl halides is 3. The van der Waals surface area contributed by atoms with E-state index in [1.165, 1.54) is 0 Å². The van der Waals surface area contributed by atoms with Crippen LogP contribution in [0, 0.1) is 5.92 Å². The third-order valence-corrected chi connectivity index (χ3v) is 2.90. The average Bonchev–Trinajstić information content (AvgIpc) is 2.26. The number of rotatable bonds is 5. The SMILES string of the molecule is O=C(COCC(F)(F)F)NCC1CCC(O)CC1. The van der Waals surface area contributed by atoms with Crippen LogP contribution in [0.2, 0.25) is 0 Å². The number of amides is 1. The highest BCUT2D eigenvalue weighted by molar-refractivity contribution is 5.77. The molecule has 0 aromatic rings. The summed E-state index contributed by atoms with van der Waals surface area (Å²) in [5.41, 5.74) is 0. The summed E-state index contributed by atoms with van der Waals surface area (Å²) in [4.78, 5) is 11.2. The average molecular weight is 269 g/mol. The van der Waals surface area contributed by atoms with Crippen LogP contribution in [-0.2, 0) is 9.53 Å². The summed E-state index contributed by atoms with van der Waals surface area (Å²) in [6.07, 6.45) is -1.59. The van der Waals surface area contributed by atoms with Gasteiger partial charge in [-0.1, -0.05) is 0 Å². The normalized spacial score (nSPS) is 24.9. The molecule has 1 saturated carbocycles. The fraction of sp³-hybridized carbons (Fsp3) is 0.909. The number of hydrogen-bond acceptors (Lipinski definition) is 3. The van der Waals surface area contributed by atoms with E-state index in [0.717, 1.165) is 12.8 Å². The van der Waals surface area contributed by atoms with Crippen LogP contribution in [-0.4, -0.2) is 43.1 Å². The van der Waals surface area contributed by atoms with Crippen LogP contribution in [0.5, 0.6) is 0 Å². The molecule has 1 rings (SSSR count). The number of halogens is 3. The number of nitrogens with one attached hydrogen (secondary N) is 1. The molecule has 0 aromatic heterocycles. The van der Waals surface area contributed by atoms with Gasteiger partial charge >= 0.3 is 6.18 Å².